The largest absolute Gasteiger partial charge is 0.490 e. The molecule has 2 aromatic carbocycles. The van der Waals surface area contributed by atoms with Crippen molar-refractivity contribution in [2.24, 2.45) is 0 Å². The molecule has 1 aliphatic rings. The fourth-order valence-corrected chi connectivity index (χ4v) is 3.85. The number of nitrogens with zero attached hydrogens (tertiary/aromatic N) is 1. The summed E-state index contributed by atoms with van der Waals surface area (Å²) in [5.74, 6) is 1.39. The molecule has 0 saturated carbocycles. The van der Waals surface area contributed by atoms with E-state index in [1.807, 2.05) is 52.0 Å². The minimum absolute atomic E-state index is 0.0389. The molecule has 0 aromatic heterocycles. The first-order valence-corrected chi connectivity index (χ1v) is 11.5. The monoisotopic (exact) mass is 440 g/mol. The SMILES string of the molecule is CCOc1ccccc1OCCN(C(=O)OC(C)(C)C)C(C)Cc1ccc2c(c1)CCN2. The molecule has 3 rings (SSSR count). The second-order valence-electron chi connectivity index (χ2n) is 9.12. The normalized spacial score (nSPS) is 13.7. The topological polar surface area (TPSA) is 60.0 Å². The predicted octanol–water partition coefficient (Wildman–Crippen LogP) is 5.30. The molecular formula is C26H36N2O4. The van der Waals surface area contributed by atoms with Gasteiger partial charge in [-0.15, -0.1) is 0 Å². The summed E-state index contributed by atoms with van der Waals surface area (Å²) in [4.78, 5) is 14.8. The third-order valence-electron chi connectivity index (χ3n) is 5.31. The van der Waals surface area contributed by atoms with Crippen LogP contribution >= 0.6 is 0 Å². The van der Waals surface area contributed by atoms with E-state index in [0.29, 0.717) is 31.3 Å². The molecule has 1 aliphatic heterocycles. The molecular weight excluding hydrogens is 404 g/mol. The molecule has 0 saturated heterocycles. The van der Waals surface area contributed by atoms with Crippen LogP contribution in [0.4, 0.5) is 10.5 Å². The zero-order chi connectivity index (χ0) is 23.1. The first-order valence-electron chi connectivity index (χ1n) is 11.5. The third-order valence-corrected chi connectivity index (χ3v) is 5.31. The Bertz CT molecular complexity index is 907. The molecule has 2 aromatic rings. The molecule has 6 heteroatoms. The van der Waals surface area contributed by atoms with Crippen LogP contribution in [0.1, 0.15) is 45.7 Å². The lowest BCUT2D eigenvalue weighted by atomic mass is 10.0. The highest BCUT2D eigenvalue weighted by molar-refractivity contribution is 5.68. The molecule has 0 spiro atoms. The van der Waals surface area contributed by atoms with Gasteiger partial charge in [0.15, 0.2) is 11.5 Å². The first-order chi connectivity index (χ1) is 15.3. The molecule has 174 valence electrons. The van der Waals surface area contributed by atoms with Crippen molar-refractivity contribution in [2.75, 3.05) is 31.6 Å². The van der Waals surface area contributed by atoms with Gasteiger partial charge in [0.2, 0.25) is 0 Å². The van der Waals surface area contributed by atoms with Crippen molar-refractivity contribution >= 4 is 11.8 Å². The van der Waals surface area contributed by atoms with E-state index in [-0.39, 0.29) is 12.1 Å². The molecule has 32 heavy (non-hydrogen) atoms. The molecule has 1 N–H and O–H groups in total. The molecule has 0 bridgehead atoms. The van der Waals surface area contributed by atoms with Crippen LogP contribution in [0.3, 0.4) is 0 Å². The number of anilines is 1. The molecule has 0 aliphatic carbocycles. The Labute approximate surface area is 191 Å². The van der Waals surface area contributed by atoms with Gasteiger partial charge in [0.1, 0.15) is 12.2 Å². The highest BCUT2D eigenvalue weighted by Gasteiger charge is 2.26. The summed E-state index contributed by atoms with van der Waals surface area (Å²) in [6.07, 6.45) is 1.47. The van der Waals surface area contributed by atoms with Gasteiger partial charge in [0.25, 0.3) is 0 Å². The number of carbonyl (C=O) groups excluding carboxylic acids is 1. The van der Waals surface area contributed by atoms with Gasteiger partial charge in [-0.25, -0.2) is 4.79 Å². The van der Waals surface area contributed by atoms with E-state index in [0.717, 1.165) is 19.4 Å². The fraction of sp³-hybridized carbons (Fsp3) is 0.500. The Morgan fingerprint density at radius 2 is 1.84 bits per heavy atom. The number of hydrogen-bond donors (Lipinski definition) is 1. The van der Waals surface area contributed by atoms with Crippen LogP contribution in [-0.4, -0.2) is 48.9 Å². The van der Waals surface area contributed by atoms with E-state index >= 15 is 0 Å². The number of hydrogen-bond acceptors (Lipinski definition) is 5. The summed E-state index contributed by atoms with van der Waals surface area (Å²) in [5.41, 5.74) is 3.22. The minimum Gasteiger partial charge on any atom is -0.490 e. The molecule has 1 atom stereocenters. The number of benzene rings is 2. The zero-order valence-electron chi connectivity index (χ0n) is 19.9. The first kappa shape index (κ1) is 23.8. The van der Waals surface area contributed by atoms with E-state index in [2.05, 4.69) is 30.4 Å². The van der Waals surface area contributed by atoms with Gasteiger partial charge in [0, 0.05) is 18.3 Å². The van der Waals surface area contributed by atoms with Crippen LogP contribution in [0.2, 0.25) is 0 Å². The Kier molecular flexibility index (Phi) is 7.89. The van der Waals surface area contributed by atoms with Crippen LogP contribution in [-0.2, 0) is 17.6 Å². The summed E-state index contributed by atoms with van der Waals surface area (Å²) in [5, 5.41) is 3.39. The fourth-order valence-electron chi connectivity index (χ4n) is 3.85. The van der Waals surface area contributed by atoms with Gasteiger partial charge < -0.3 is 24.4 Å². The number of carbonyl (C=O) groups is 1. The second-order valence-corrected chi connectivity index (χ2v) is 9.12. The Hall–Kier alpha value is -2.89. The van der Waals surface area contributed by atoms with E-state index in [1.54, 1.807) is 4.90 Å². The summed E-state index contributed by atoms with van der Waals surface area (Å²) in [6.45, 7) is 12.0. The van der Waals surface area contributed by atoms with E-state index in [4.69, 9.17) is 14.2 Å². The van der Waals surface area contributed by atoms with Crippen molar-refractivity contribution in [1.82, 2.24) is 4.90 Å². The van der Waals surface area contributed by atoms with Crippen molar-refractivity contribution in [3.8, 4) is 11.5 Å². The summed E-state index contributed by atoms with van der Waals surface area (Å²) in [6, 6.07) is 14.1. The van der Waals surface area contributed by atoms with E-state index < -0.39 is 5.60 Å². The van der Waals surface area contributed by atoms with Gasteiger partial charge in [-0.05, 0) is 76.8 Å². The standard InChI is InChI=1S/C26H36N2O4/c1-6-30-23-9-7-8-10-24(23)31-16-15-28(25(29)32-26(3,4)5)19(2)17-20-11-12-22-21(18-20)13-14-27-22/h7-12,18-19,27H,6,13-17H2,1-5H3. The summed E-state index contributed by atoms with van der Waals surface area (Å²) in [7, 11) is 0. The van der Waals surface area contributed by atoms with Crippen molar-refractivity contribution in [2.45, 2.75) is 59.1 Å². The number of rotatable bonds is 9. The van der Waals surface area contributed by atoms with Gasteiger partial charge in [-0.3, -0.25) is 0 Å². The lowest BCUT2D eigenvalue weighted by molar-refractivity contribution is 0.0148. The summed E-state index contributed by atoms with van der Waals surface area (Å²) < 4.78 is 17.3. The molecule has 1 amide bonds. The lowest BCUT2D eigenvalue weighted by Crippen LogP contribution is -2.45. The Balaban J connectivity index is 1.68. The number of nitrogens with one attached hydrogen (secondary N) is 1. The van der Waals surface area contributed by atoms with E-state index in [1.165, 1.54) is 16.8 Å². The average Bonchev–Trinajstić information content (AvgIpc) is 3.19. The predicted molar refractivity (Wildman–Crippen MR) is 128 cm³/mol. The zero-order valence-corrected chi connectivity index (χ0v) is 19.9. The maximum absolute atomic E-state index is 13.0. The quantitative estimate of drug-likeness (QED) is 0.573. The van der Waals surface area contributed by atoms with Crippen molar-refractivity contribution in [1.29, 1.82) is 0 Å². The Morgan fingerprint density at radius 3 is 2.53 bits per heavy atom. The van der Waals surface area contributed by atoms with Crippen molar-refractivity contribution in [3.05, 3.63) is 53.6 Å². The number of ether oxygens (including phenoxy) is 3. The maximum Gasteiger partial charge on any atom is 0.410 e. The molecule has 6 nitrogen and oxygen atoms in total. The van der Waals surface area contributed by atoms with Crippen LogP contribution in [0.15, 0.2) is 42.5 Å². The lowest BCUT2D eigenvalue weighted by Gasteiger charge is -2.32. The van der Waals surface area contributed by atoms with Gasteiger partial charge in [0.05, 0.1) is 13.2 Å². The van der Waals surface area contributed by atoms with Crippen LogP contribution in [0.5, 0.6) is 11.5 Å². The van der Waals surface area contributed by atoms with Gasteiger partial charge in [-0.2, -0.15) is 0 Å². The van der Waals surface area contributed by atoms with Crippen LogP contribution in [0.25, 0.3) is 0 Å². The number of para-hydroxylation sites is 2. The molecule has 0 radical (unpaired) electrons. The van der Waals surface area contributed by atoms with E-state index in [9.17, 15) is 4.79 Å². The number of amides is 1. The van der Waals surface area contributed by atoms with Crippen molar-refractivity contribution in [3.63, 3.8) is 0 Å². The maximum atomic E-state index is 13.0. The Morgan fingerprint density at radius 1 is 1.12 bits per heavy atom. The minimum atomic E-state index is -0.559. The van der Waals surface area contributed by atoms with Crippen molar-refractivity contribution < 1.29 is 19.0 Å². The van der Waals surface area contributed by atoms with Gasteiger partial charge in [-0.1, -0.05) is 24.3 Å². The molecule has 0 fully saturated rings. The smallest absolute Gasteiger partial charge is 0.410 e. The summed E-state index contributed by atoms with van der Waals surface area (Å²) >= 11 is 0. The van der Waals surface area contributed by atoms with Crippen LogP contribution < -0.4 is 14.8 Å². The molecule has 1 unspecified atom stereocenters. The van der Waals surface area contributed by atoms with Crippen LogP contribution in [0, 0.1) is 0 Å². The highest BCUT2D eigenvalue weighted by Crippen LogP contribution is 2.27. The average molecular weight is 441 g/mol. The second kappa shape index (κ2) is 10.6. The molecule has 1 heterocycles. The van der Waals surface area contributed by atoms with Gasteiger partial charge >= 0.3 is 6.09 Å². The number of fused-ring (bicyclic) bond motifs is 1. The highest BCUT2D eigenvalue weighted by atomic mass is 16.6. The third kappa shape index (κ3) is 6.55.